The van der Waals surface area contributed by atoms with Crippen LogP contribution in [-0.4, -0.2) is 35.3 Å². The molecule has 3 heteroatoms. The SMILES string of the molecule is C=C[Si]1(C=C)c2cc3c(cc2C(c2ccccc2C)=c2cc4c(cc21)=[N+](C)CCC4)CCCN3C. The van der Waals surface area contributed by atoms with Gasteiger partial charge < -0.3 is 4.90 Å². The van der Waals surface area contributed by atoms with Crippen LogP contribution in [0.3, 0.4) is 0 Å². The minimum atomic E-state index is -2.39. The molecule has 0 fully saturated rings. The molecule has 3 aromatic carbocycles. The van der Waals surface area contributed by atoms with E-state index in [4.69, 9.17) is 0 Å². The summed E-state index contributed by atoms with van der Waals surface area (Å²) in [5.74, 6) is 0. The lowest BCUT2D eigenvalue weighted by Gasteiger charge is -2.37. The number of rotatable bonds is 3. The van der Waals surface area contributed by atoms with Crippen molar-refractivity contribution in [2.75, 3.05) is 32.1 Å². The summed E-state index contributed by atoms with van der Waals surface area (Å²) < 4.78 is 2.44. The zero-order valence-corrected chi connectivity index (χ0v) is 22.3. The number of benzene rings is 3. The van der Waals surface area contributed by atoms with Crippen LogP contribution in [0.5, 0.6) is 0 Å². The molecule has 35 heavy (non-hydrogen) atoms. The maximum atomic E-state index is 4.46. The Hall–Kier alpha value is -3.17. The van der Waals surface area contributed by atoms with E-state index in [-0.39, 0.29) is 0 Å². The first kappa shape index (κ1) is 22.3. The van der Waals surface area contributed by atoms with Crippen LogP contribution in [0, 0.1) is 6.92 Å². The van der Waals surface area contributed by atoms with Gasteiger partial charge in [-0.15, -0.1) is 13.2 Å². The van der Waals surface area contributed by atoms with Crippen LogP contribution < -0.4 is 30.4 Å². The molecular formula is C32H35N2Si+. The molecule has 2 nitrogen and oxygen atoms in total. The molecule has 0 N–H and O–H groups in total. The smallest absolute Gasteiger partial charge is 0.202 e. The molecule has 0 unspecified atom stereocenters. The van der Waals surface area contributed by atoms with Crippen molar-refractivity contribution in [3.63, 3.8) is 0 Å². The minimum absolute atomic E-state index is 1.12. The molecule has 3 heterocycles. The number of nitrogens with zero attached hydrogens (tertiary/aromatic N) is 2. The Balaban J connectivity index is 1.85. The Morgan fingerprint density at radius 3 is 2.46 bits per heavy atom. The number of hydrogen-bond acceptors (Lipinski definition) is 1. The predicted molar refractivity (Wildman–Crippen MR) is 152 cm³/mol. The number of aryl methyl sites for hydroxylation is 3. The first-order valence-corrected chi connectivity index (χ1v) is 15.1. The molecule has 0 spiro atoms. The maximum absolute atomic E-state index is 4.46. The Kier molecular flexibility index (Phi) is 5.23. The van der Waals surface area contributed by atoms with Crippen LogP contribution in [0.4, 0.5) is 5.69 Å². The van der Waals surface area contributed by atoms with Gasteiger partial charge in [-0.25, -0.2) is 4.58 Å². The van der Waals surface area contributed by atoms with Crippen LogP contribution in [0.2, 0.25) is 0 Å². The van der Waals surface area contributed by atoms with Gasteiger partial charge in [-0.3, -0.25) is 0 Å². The van der Waals surface area contributed by atoms with E-state index >= 15 is 0 Å². The van der Waals surface area contributed by atoms with E-state index < -0.39 is 8.07 Å². The zero-order chi connectivity index (χ0) is 24.3. The third-order valence-corrected chi connectivity index (χ3v) is 12.5. The van der Waals surface area contributed by atoms with E-state index in [0.717, 1.165) is 25.9 Å². The average molecular weight is 476 g/mol. The molecule has 0 radical (unpaired) electrons. The molecule has 0 aliphatic carbocycles. The van der Waals surface area contributed by atoms with Crippen molar-refractivity contribution in [3.8, 4) is 0 Å². The molecule has 0 aromatic heterocycles. The van der Waals surface area contributed by atoms with Gasteiger partial charge in [0.25, 0.3) is 0 Å². The summed E-state index contributed by atoms with van der Waals surface area (Å²) in [6, 6.07) is 18.9. The first-order valence-electron chi connectivity index (χ1n) is 13.0. The highest BCUT2D eigenvalue weighted by Gasteiger charge is 2.41. The summed E-state index contributed by atoms with van der Waals surface area (Å²) in [5.41, 5.74) is 14.3. The van der Waals surface area contributed by atoms with Crippen LogP contribution in [0.25, 0.3) is 5.57 Å². The Morgan fingerprint density at radius 1 is 0.914 bits per heavy atom. The standard InChI is InChI=1S/C32H35N2Si/c1-6-35(7-2)30-20-28-23(13-10-16-33(28)4)18-26(30)32(25-15-9-8-12-22(25)3)27-19-24-14-11-17-34(5)29(24)21-31(27)35/h6-9,12,15,18-21H,1-2,10-11,13-14,16-17H2,3-5H3/q+1. The molecule has 3 aliphatic heterocycles. The molecule has 0 atom stereocenters. The lowest BCUT2D eigenvalue weighted by atomic mass is 9.88. The van der Waals surface area contributed by atoms with Crippen LogP contribution in [0.1, 0.15) is 40.7 Å². The van der Waals surface area contributed by atoms with Gasteiger partial charge in [0.1, 0.15) is 13.6 Å². The third kappa shape index (κ3) is 3.17. The highest BCUT2D eigenvalue weighted by molar-refractivity contribution is 7.10. The molecular weight excluding hydrogens is 440 g/mol. The summed E-state index contributed by atoms with van der Waals surface area (Å²) in [6.45, 7) is 13.4. The summed E-state index contributed by atoms with van der Waals surface area (Å²) in [4.78, 5) is 2.44. The number of hydrogen-bond donors (Lipinski definition) is 0. The topological polar surface area (TPSA) is 6.25 Å². The van der Waals surface area contributed by atoms with Gasteiger partial charge in [0.05, 0.1) is 0 Å². The molecule has 6 rings (SSSR count). The minimum Gasteiger partial charge on any atom is -0.374 e. The van der Waals surface area contributed by atoms with Gasteiger partial charge in [-0.05, 0) is 87.8 Å². The second-order valence-electron chi connectivity index (χ2n) is 10.6. The predicted octanol–water partition coefficient (Wildman–Crippen LogP) is 3.02. The monoisotopic (exact) mass is 475 g/mol. The van der Waals surface area contributed by atoms with Crippen molar-refractivity contribution in [1.29, 1.82) is 0 Å². The first-order chi connectivity index (χ1) is 17.0. The Labute approximate surface area is 210 Å². The van der Waals surface area contributed by atoms with E-state index in [1.54, 1.807) is 0 Å². The van der Waals surface area contributed by atoms with Crippen molar-refractivity contribution in [2.24, 2.45) is 0 Å². The molecule has 0 amide bonds. The lowest BCUT2D eigenvalue weighted by molar-refractivity contribution is 0.588. The summed E-state index contributed by atoms with van der Waals surface area (Å²) >= 11 is 0. The molecule has 3 aromatic rings. The van der Waals surface area contributed by atoms with E-state index in [1.165, 1.54) is 72.9 Å². The van der Waals surface area contributed by atoms with Crippen molar-refractivity contribution < 1.29 is 0 Å². The van der Waals surface area contributed by atoms with Crippen molar-refractivity contribution in [3.05, 3.63) is 111 Å². The Bertz CT molecular complexity index is 1520. The highest BCUT2D eigenvalue weighted by Crippen LogP contribution is 2.33. The van der Waals surface area contributed by atoms with Gasteiger partial charge in [0, 0.05) is 37.3 Å². The fourth-order valence-corrected chi connectivity index (χ4v) is 10.1. The second-order valence-corrected chi connectivity index (χ2v) is 14.2. The number of anilines is 1. The van der Waals surface area contributed by atoms with Crippen molar-refractivity contribution in [1.82, 2.24) is 4.58 Å². The zero-order valence-electron chi connectivity index (χ0n) is 21.3. The summed E-state index contributed by atoms with van der Waals surface area (Å²) in [5, 5.41) is 5.67. The largest absolute Gasteiger partial charge is 0.374 e. The molecule has 0 saturated carbocycles. The molecule has 0 saturated heterocycles. The maximum Gasteiger partial charge on any atom is 0.202 e. The van der Waals surface area contributed by atoms with Crippen LogP contribution >= 0.6 is 0 Å². The molecule has 176 valence electrons. The van der Waals surface area contributed by atoms with Gasteiger partial charge in [-0.1, -0.05) is 35.7 Å². The Morgan fingerprint density at radius 2 is 1.69 bits per heavy atom. The second kappa shape index (κ2) is 8.20. The highest BCUT2D eigenvalue weighted by atomic mass is 28.3. The third-order valence-electron chi connectivity index (χ3n) is 8.63. The fourth-order valence-electron chi connectivity index (χ4n) is 6.69. The van der Waals surface area contributed by atoms with E-state index in [1.807, 2.05) is 0 Å². The summed E-state index contributed by atoms with van der Waals surface area (Å²) in [7, 11) is 2.09. The van der Waals surface area contributed by atoms with Gasteiger partial charge in [0.15, 0.2) is 8.07 Å². The van der Waals surface area contributed by atoms with Crippen molar-refractivity contribution in [2.45, 2.75) is 32.6 Å². The van der Waals surface area contributed by atoms with E-state index in [9.17, 15) is 0 Å². The molecule has 0 bridgehead atoms. The lowest BCUT2D eigenvalue weighted by Crippen LogP contribution is -2.66. The quantitative estimate of drug-likeness (QED) is 0.417. The van der Waals surface area contributed by atoms with E-state index in [2.05, 4.69) is 104 Å². The average Bonchev–Trinajstić information content (AvgIpc) is 2.87. The van der Waals surface area contributed by atoms with Gasteiger partial charge in [-0.2, -0.15) is 0 Å². The molecule has 3 aliphatic rings. The van der Waals surface area contributed by atoms with Gasteiger partial charge in [0.2, 0.25) is 5.36 Å². The number of fused-ring (bicyclic) bond motifs is 4. The van der Waals surface area contributed by atoms with E-state index in [0.29, 0.717) is 0 Å². The van der Waals surface area contributed by atoms with Crippen molar-refractivity contribution >= 4 is 29.7 Å². The fraction of sp³-hybridized carbons (Fsp3) is 0.281. The normalized spacial score (nSPS) is 17.7. The van der Waals surface area contributed by atoms with Crippen LogP contribution in [0.15, 0.2) is 73.1 Å². The summed E-state index contributed by atoms with van der Waals surface area (Å²) in [6.07, 6.45) is 4.72. The van der Waals surface area contributed by atoms with Gasteiger partial charge >= 0.3 is 0 Å². The van der Waals surface area contributed by atoms with Crippen LogP contribution in [-0.2, 0) is 12.8 Å².